The molecule has 0 bridgehead atoms. The van der Waals surface area contributed by atoms with Crippen molar-refractivity contribution in [3.05, 3.63) is 42.0 Å². The van der Waals surface area contributed by atoms with Gasteiger partial charge in [-0.25, -0.2) is 9.18 Å². The highest BCUT2D eigenvalue weighted by Gasteiger charge is 2.33. The number of rotatable bonds is 5. The molecule has 8 heteroatoms. The summed E-state index contributed by atoms with van der Waals surface area (Å²) in [6.45, 7) is 1.14. The van der Waals surface area contributed by atoms with Gasteiger partial charge in [-0.15, -0.1) is 0 Å². The maximum Gasteiger partial charge on any atom is 0.408 e. The molecule has 120 valence electrons. The standard InChI is InChI=1S/C14H16FNO5S/c1-10-4-6-11(7-5-10)22(19,20)21-9-12(15)13-3-2-8-16(13)14(17)18/h2-7,12-13H,8-9H2,1H3,(H,17,18)/t12-,13-/m0/s1. The predicted octanol–water partition coefficient (Wildman–Crippen LogP) is 1.96. The van der Waals surface area contributed by atoms with E-state index in [-0.39, 0.29) is 11.4 Å². The molecule has 2 rings (SSSR count). The Morgan fingerprint density at radius 1 is 1.45 bits per heavy atom. The molecular weight excluding hydrogens is 313 g/mol. The Balaban J connectivity index is 2.01. The van der Waals surface area contributed by atoms with Gasteiger partial charge in [0.2, 0.25) is 0 Å². The molecule has 0 spiro atoms. The Bertz CT molecular complexity index is 671. The maximum absolute atomic E-state index is 14.1. The van der Waals surface area contributed by atoms with Crippen molar-refractivity contribution in [2.75, 3.05) is 13.2 Å². The lowest BCUT2D eigenvalue weighted by atomic mass is 10.2. The summed E-state index contributed by atoms with van der Waals surface area (Å²) < 4.78 is 42.7. The van der Waals surface area contributed by atoms with Gasteiger partial charge in [0.05, 0.1) is 10.9 Å². The third-order valence-corrected chi connectivity index (χ3v) is 4.60. The van der Waals surface area contributed by atoms with Crippen LogP contribution in [0.3, 0.4) is 0 Å². The first kappa shape index (κ1) is 16.4. The van der Waals surface area contributed by atoms with E-state index in [1.165, 1.54) is 24.3 Å². The molecule has 0 fully saturated rings. The van der Waals surface area contributed by atoms with Gasteiger partial charge in [-0.3, -0.25) is 9.08 Å². The first-order valence-corrected chi connectivity index (χ1v) is 7.98. The Hall–Kier alpha value is -1.93. The smallest absolute Gasteiger partial charge is 0.408 e. The average Bonchev–Trinajstić information content (AvgIpc) is 2.95. The van der Waals surface area contributed by atoms with Gasteiger partial charge in [-0.1, -0.05) is 29.8 Å². The summed E-state index contributed by atoms with van der Waals surface area (Å²) in [4.78, 5) is 11.7. The summed E-state index contributed by atoms with van der Waals surface area (Å²) in [7, 11) is -4.07. The van der Waals surface area contributed by atoms with Crippen molar-refractivity contribution in [3.8, 4) is 0 Å². The number of aryl methyl sites for hydroxylation is 1. The highest BCUT2D eigenvalue weighted by molar-refractivity contribution is 7.86. The van der Waals surface area contributed by atoms with Crippen molar-refractivity contribution in [2.24, 2.45) is 0 Å². The Morgan fingerprint density at radius 3 is 2.68 bits per heavy atom. The lowest BCUT2D eigenvalue weighted by molar-refractivity contribution is 0.100. The summed E-state index contributed by atoms with van der Waals surface area (Å²) in [5.74, 6) is 0. The van der Waals surface area contributed by atoms with E-state index in [4.69, 9.17) is 9.29 Å². The number of amides is 1. The number of halogens is 1. The largest absolute Gasteiger partial charge is 0.465 e. The lowest BCUT2D eigenvalue weighted by Gasteiger charge is -2.24. The monoisotopic (exact) mass is 329 g/mol. The van der Waals surface area contributed by atoms with E-state index in [1.807, 2.05) is 6.92 Å². The molecule has 0 aromatic heterocycles. The molecule has 0 saturated heterocycles. The van der Waals surface area contributed by atoms with Crippen LogP contribution >= 0.6 is 0 Å². The van der Waals surface area contributed by atoms with Crippen LogP contribution in [-0.2, 0) is 14.3 Å². The first-order valence-electron chi connectivity index (χ1n) is 6.57. The minimum absolute atomic E-state index is 0.0673. The lowest BCUT2D eigenvalue weighted by Crippen LogP contribution is -2.42. The van der Waals surface area contributed by atoms with Crippen molar-refractivity contribution < 1.29 is 26.9 Å². The van der Waals surface area contributed by atoms with Crippen LogP contribution in [0.15, 0.2) is 41.3 Å². The van der Waals surface area contributed by atoms with Gasteiger partial charge in [0.25, 0.3) is 10.1 Å². The quantitative estimate of drug-likeness (QED) is 0.659. The Kier molecular flexibility index (Phi) is 4.82. The van der Waals surface area contributed by atoms with Gasteiger partial charge in [-0.2, -0.15) is 8.42 Å². The zero-order valence-corrected chi connectivity index (χ0v) is 12.7. The molecule has 0 aliphatic carbocycles. The van der Waals surface area contributed by atoms with Crippen LogP contribution < -0.4 is 0 Å². The second-order valence-corrected chi connectivity index (χ2v) is 6.54. The summed E-state index contributed by atoms with van der Waals surface area (Å²) in [5.41, 5.74) is 0.885. The molecule has 1 aliphatic rings. The molecule has 22 heavy (non-hydrogen) atoms. The normalized spacial score (nSPS) is 19.4. The third kappa shape index (κ3) is 3.63. The van der Waals surface area contributed by atoms with E-state index in [9.17, 15) is 17.6 Å². The zero-order chi connectivity index (χ0) is 16.3. The van der Waals surface area contributed by atoms with Crippen LogP contribution in [-0.4, -0.2) is 49.9 Å². The molecule has 1 N–H and O–H groups in total. The molecule has 0 saturated carbocycles. The fourth-order valence-corrected chi connectivity index (χ4v) is 3.00. The van der Waals surface area contributed by atoms with Crippen molar-refractivity contribution in [1.29, 1.82) is 0 Å². The van der Waals surface area contributed by atoms with E-state index in [2.05, 4.69) is 0 Å². The van der Waals surface area contributed by atoms with Crippen LogP contribution in [0.2, 0.25) is 0 Å². The molecule has 6 nitrogen and oxygen atoms in total. The molecule has 1 heterocycles. The fourth-order valence-electron chi connectivity index (χ4n) is 2.09. The van der Waals surface area contributed by atoms with Crippen molar-refractivity contribution in [1.82, 2.24) is 4.90 Å². The minimum atomic E-state index is -4.07. The van der Waals surface area contributed by atoms with Crippen LogP contribution in [0.5, 0.6) is 0 Å². The summed E-state index contributed by atoms with van der Waals surface area (Å²) in [6, 6.07) is 4.92. The van der Waals surface area contributed by atoms with E-state index in [0.29, 0.717) is 0 Å². The molecular formula is C14H16FNO5S. The van der Waals surface area contributed by atoms with Gasteiger partial charge in [0.15, 0.2) is 0 Å². The molecule has 0 radical (unpaired) electrons. The SMILES string of the molecule is Cc1ccc(S(=O)(=O)OC[C@H](F)[C@@H]2C=CCN2C(=O)O)cc1. The molecule has 1 aliphatic heterocycles. The number of nitrogens with zero attached hydrogens (tertiary/aromatic N) is 1. The second-order valence-electron chi connectivity index (χ2n) is 4.92. The van der Waals surface area contributed by atoms with Crippen LogP contribution in [0.25, 0.3) is 0 Å². The van der Waals surface area contributed by atoms with E-state index in [0.717, 1.165) is 10.5 Å². The van der Waals surface area contributed by atoms with Crippen molar-refractivity contribution >= 4 is 16.2 Å². The summed E-state index contributed by atoms with van der Waals surface area (Å²) in [6.07, 6.45) is -0.130. The number of hydrogen-bond donors (Lipinski definition) is 1. The van der Waals surface area contributed by atoms with E-state index < -0.39 is 35.0 Å². The van der Waals surface area contributed by atoms with Gasteiger partial charge >= 0.3 is 6.09 Å². The van der Waals surface area contributed by atoms with Crippen molar-refractivity contribution in [2.45, 2.75) is 24.0 Å². The maximum atomic E-state index is 14.1. The number of carboxylic acid groups (broad SMARTS) is 1. The highest BCUT2D eigenvalue weighted by Crippen LogP contribution is 2.19. The summed E-state index contributed by atoms with van der Waals surface area (Å²) in [5, 5.41) is 8.92. The van der Waals surface area contributed by atoms with Crippen LogP contribution in [0.4, 0.5) is 9.18 Å². The van der Waals surface area contributed by atoms with Crippen LogP contribution in [0.1, 0.15) is 5.56 Å². The zero-order valence-electron chi connectivity index (χ0n) is 11.8. The highest BCUT2D eigenvalue weighted by atomic mass is 32.2. The van der Waals surface area contributed by atoms with E-state index in [1.54, 1.807) is 12.1 Å². The van der Waals surface area contributed by atoms with E-state index >= 15 is 0 Å². The number of alkyl halides is 1. The van der Waals surface area contributed by atoms with Crippen molar-refractivity contribution in [3.63, 3.8) is 0 Å². The Labute approximate surface area is 127 Å². The molecule has 1 aromatic rings. The molecule has 1 amide bonds. The number of carbonyl (C=O) groups is 1. The van der Waals surface area contributed by atoms with Crippen LogP contribution in [0, 0.1) is 6.92 Å². The van der Waals surface area contributed by atoms with Gasteiger partial charge in [-0.05, 0) is 19.1 Å². The topological polar surface area (TPSA) is 83.9 Å². The number of benzene rings is 1. The fraction of sp³-hybridized carbons (Fsp3) is 0.357. The third-order valence-electron chi connectivity index (χ3n) is 3.30. The molecule has 0 unspecified atom stereocenters. The van der Waals surface area contributed by atoms with Gasteiger partial charge in [0.1, 0.15) is 12.8 Å². The predicted molar refractivity (Wildman–Crippen MR) is 76.9 cm³/mol. The number of hydrogen-bond acceptors (Lipinski definition) is 4. The Morgan fingerprint density at radius 2 is 2.09 bits per heavy atom. The molecule has 2 atom stereocenters. The molecule has 1 aromatic carbocycles. The average molecular weight is 329 g/mol. The minimum Gasteiger partial charge on any atom is -0.465 e. The summed E-state index contributed by atoms with van der Waals surface area (Å²) >= 11 is 0. The van der Waals surface area contributed by atoms with Gasteiger partial charge in [0, 0.05) is 6.54 Å². The second kappa shape index (κ2) is 6.45. The van der Waals surface area contributed by atoms with Gasteiger partial charge < -0.3 is 5.11 Å². The first-order chi connectivity index (χ1) is 10.3.